The molecule has 1 aliphatic carbocycles. The van der Waals surface area contributed by atoms with Gasteiger partial charge in [0.05, 0.1) is 20.9 Å². The zero-order chi connectivity index (χ0) is 18.9. The van der Waals surface area contributed by atoms with E-state index < -0.39 is 0 Å². The zero-order valence-electron chi connectivity index (χ0n) is 15.2. The van der Waals surface area contributed by atoms with Gasteiger partial charge >= 0.3 is 0 Å². The Kier molecular flexibility index (Phi) is 3.46. The smallest absolute Gasteiger partial charge is 0.199 e. The second-order valence-electron chi connectivity index (χ2n) is 7.45. The predicted molar refractivity (Wildman–Crippen MR) is 111 cm³/mol. The summed E-state index contributed by atoms with van der Waals surface area (Å²) >= 11 is 3.10. The highest BCUT2D eigenvalue weighted by atomic mass is 32.2. The number of rotatable bonds is 1. The van der Waals surface area contributed by atoms with Gasteiger partial charge in [-0.05, 0) is 43.9 Å². The number of benzene rings is 2. The van der Waals surface area contributed by atoms with Crippen molar-refractivity contribution in [3.8, 4) is 11.1 Å². The number of ketones is 1. The lowest BCUT2D eigenvalue weighted by molar-refractivity contribution is 0.105. The Morgan fingerprint density at radius 1 is 1.04 bits per heavy atom. The van der Waals surface area contributed by atoms with Crippen LogP contribution in [0.1, 0.15) is 45.9 Å². The first-order chi connectivity index (χ1) is 12.9. The maximum Gasteiger partial charge on any atom is 0.199 e. The highest BCUT2D eigenvalue weighted by Gasteiger charge is 2.40. The number of carbonyl (C=O) groups is 1. The van der Waals surface area contributed by atoms with E-state index in [1.54, 1.807) is 23.9 Å². The van der Waals surface area contributed by atoms with E-state index >= 15 is 0 Å². The second kappa shape index (κ2) is 5.57. The minimum atomic E-state index is -0.197. The molecule has 0 amide bonds. The number of nitrogens with zero attached hydrogens (tertiary/aromatic N) is 1. The van der Waals surface area contributed by atoms with Crippen molar-refractivity contribution in [1.29, 1.82) is 0 Å². The van der Waals surface area contributed by atoms with Crippen LogP contribution in [0.25, 0.3) is 22.5 Å². The maximum atomic E-state index is 13.1. The third kappa shape index (κ3) is 2.28. The van der Waals surface area contributed by atoms with Crippen LogP contribution in [0.3, 0.4) is 0 Å². The van der Waals surface area contributed by atoms with Crippen molar-refractivity contribution in [2.75, 3.05) is 0 Å². The van der Waals surface area contributed by atoms with E-state index in [-0.39, 0.29) is 16.3 Å². The van der Waals surface area contributed by atoms with E-state index in [1.807, 2.05) is 12.1 Å². The van der Waals surface area contributed by atoms with Crippen LogP contribution in [-0.4, -0.2) is 15.3 Å². The van der Waals surface area contributed by atoms with E-state index in [4.69, 9.17) is 4.37 Å². The van der Waals surface area contributed by atoms with Gasteiger partial charge in [0.1, 0.15) is 5.76 Å². The van der Waals surface area contributed by atoms with Gasteiger partial charge < -0.3 is 5.11 Å². The molecule has 134 valence electrons. The first-order valence-electron chi connectivity index (χ1n) is 8.76. The van der Waals surface area contributed by atoms with Gasteiger partial charge in [0.25, 0.3) is 0 Å². The standard InChI is InChI=1S/C22H17NO2S2/c1-11-8-9-15-14(10-11)16-20(27-23-21(16)22(2,3)26-15)17-18(24)12-6-4-5-7-13(12)19(17)25/h4-10,24H,1-3H3. The van der Waals surface area contributed by atoms with Crippen molar-refractivity contribution in [3.05, 3.63) is 69.7 Å². The molecule has 0 fully saturated rings. The topological polar surface area (TPSA) is 50.2 Å². The number of aliphatic hydroxyl groups excluding tert-OH is 1. The molecule has 0 atom stereocenters. The monoisotopic (exact) mass is 391 g/mol. The molecular weight excluding hydrogens is 374 g/mol. The summed E-state index contributed by atoms with van der Waals surface area (Å²) in [6.45, 7) is 6.38. The predicted octanol–water partition coefficient (Wildman–Crippen LogP) is 6.08. The lowest BCUT2D eigenvalue weighted by atomic mass is 9.92. The second-order valence-corrected chi connectivity index (χ2v) is 9.88. The average molecular weight is 392 g/mol. The van der Waals surface area contributed by atoms with Crippen molar-refractivity contribution < 1.29 is 9.90 Å². The van der Waals surface area contributed by atoms with E-state index in [2.05, 4.69) is 39.0 Å². The van der Waals surface area contributed by atoms with Crippen LogP contribution in [0.4, 0.5) is 0 Å². The van der Waals surface area contributed by atoms with Crippen LogP contribution in [0.5, 0.6) is 0 Å². The summed E-state index contributed by atoms with van der Waals surface area (Å²) in [6.07, 6.45) is 0. The molecule has 1 aliphatic heterocycles. The summed E-state index contributed by atoms with van der Waals surface area (Å²) in [5.74, 6) is -0.0629. The Morgan fingerprint density at radius 2 is 1.78 bits per heavy atom. The third-order valence-corrected chi connectivity index (χ3v) is 7.29. The highest BCUT2D eigenvalue weighted by molar-refractivity contribution is 8.00. The van der Waals surface area contributed by atoms with Crippen LogP contribution in [0.2, 0.25) is 0 Å². The number of aliphatic hydroxyl groups is 1. The van der Waals surface area contributed by atoms with Crippen LogP contribution < -0.4 is 0 Å². The number of aromatic nitrogens is 1. The number of hydrogen-bond acceptors (Lipinski definition) is 5. The summed E-state index contributed by atoms with van der Waals surface area (Å²) < 4.78 is 4.54. The van der Waals surface area contributed by atoms with E-state index in [0.717, 1.165) is 27.3 Å². The molecule has 0 unspecified atom stereocenters. The fourth-order valence-corrected chi connectivity index (χ4v) is 6.19. The molecule has 1 aromatic heterocycles. The maximum absolute atomic E-state index is 13.1. The van der Waals surface area contributed by atoms with Gasteiger partial charge in [-0.1, -0.05) is 42.0 Å². The number of fused-ring (bicyclic) bond motifs is 4. The van der Waals surface area contributed by atoms with Gasteiger partial charge in [-0.3, -0.25) is 4.79 Å². The minimum absolute atomic E-state index is 0.0623. The van der Waals surface area contributed by atoms with Crippen LogP contribution >= 0.6 is 23.3 Å². The van der Waals surface area contributed by atoms with Crippen molar-refractivity contribution in [2.24, 2.45) is 0 Å². The molecule has 0 saturated heterocycles. The molecule has 0 spiro atoms. The highest BCUT2D eigenvalue weighted by Crippen LogP contribution is 2.56. The fraction of sp³-hybridized carbons (Fsp3) is 0.182. The Morgan fingerprint density at radius 3 is 2.52 bits per heavy atom. The van der Waals surface area contributed by atoms with Crippen molar-refractivity contribution in [1.82, 2.24) is 4.37 Å². The molecule has 2 aliphatic rings. The van der Waals surface area contributed by atoms with E-state index in [9.17, 15) is 9.90 Å². The van der Waals surface area contributed by atoms with Gasteiger partial charge in [-0.25, -0.2) is 0 Å². The van der Waals surface area contributed by atoms with Crippen LogP contribution in [-0.2, 0) is 4.75 Å². The van der Waals surface area contributed by atoms with Gasteiger partial charge in [-0.2, -0.15) is 4.37 Å². The van der Waals surface area contributed by atoms with Crippen molar-refractivity contribution in [3.63, 3.8) is 0 Å². The van der Waals surface area contributed by atoms with Gasteiger partial charge in [0.2, 0.25) is 0 Å². The largest absolute Gasteiger partial charge is 0.506 e. The van der Waals surface area contributed by atoms with E-state index in [0.29, 0.717) is 16.7 Å². The Bertz CT molecular complexity index is 1170. The molecule has 3 nitrogen and oxygen atoms in total. The minimum Gasteiger partial charge on any atom is -0.506 e. The molecule has 5 heteroatoms. The molecule has 5 rings (SSSR count). The Labute approximate surface area is 165 Å². The summed E-state index contributed by atoms with van der Waals surface area (Å²) in [5, 5.41) is 10.9. The summed E-state index contributed by atoms with van der Waals surface area (Å²) in [7, 11) is 0. The SMILES string of the molecule is Cc1ccc2c(c1)-c1c(nsc1C1=C(O)c3ccccc3C1=O)C(C)(C)S2. The normalized spacial score (nSPS) is 16.9. The average Bonchev–Trinajstić information content (AvgIpc) is 3.17. The van der Waals surface area contributed by atoms with Gasteiger partial charge in [-0.15, -0.1) is 11.8 Å². The molecule has 27 heavy (non-hydrogen) atoms. The summed E-state index contributed by atoms with van der Waals surface area (Å²) in [5.41, 5.74) is 5.78. The Hall–Kier alpha value is -2.37. The molecule has 0 radical (unpaired) electrons. The number of carbonyl (C=O) groups excluding carboxylic acids is 1. The number of Topliss-reactive ketones (excluding diaryl/α,β-unsaturated/α-hetero) is 1. The molecule has 0 saturated carbocycles. The van der Waals surface area contributed by atoms with Gasteiger partial charge in [0.15, 0.2) is 5.78 Å². The molecule has 0 bridgehead atoms. The summed E-state index contributed by atoms with van der Waals surface area (Å²) in [6, 6.07) is 13.6. The van der Waals surface area contributed by atoms with Crippen molar-refractivity contribution >= 4 is 40.4 Å². The van der Waals surface area contributed by atoms with Crippen LogP contribution in [0, 0.1) is 6.92 Å². The first-order valence-corrected chi connectivity index (χ1v) is 10.4. The fourth-order valence-electron chi connectivity index (χ4n) is 3.85. The molecule has 3 aromatic rings. The van der Waals surface area contributed by atoms with Gasteiger partial charge in [0, 0.05) is 21.6 Å². The first kappa shape index (κ1) is 16.8. The van der Waals surface area contributed by atoms with E-state index in [1.165, 1.54) is 16.4 Å². The molecule has 2 aromatic carbocycles. The molecular formula is C22H17NO2S2. The summed E-state index contributed by atoms with van der Waals surface area (Å²) in [4.78, 5) is 15.0. The third-order valence-electron chi connectivity index (χ3n) is 5.15. The number of hydrogen-bond donors (Lipinski definition) is 1. The van der Waals surface area contributed by atoms with Crippen molar-refractivity contribution in [2.45, 2.75) is 30.4 Å². The molecule has 2 heterocycles. The molecule has 1 N–H and O–H groups in total. The lowest BCUT2D eigenvalue weighted by Crippen LogP contribution is -2.17. The lowest BCUT2D eigenvalue weighted by Gasteiger charge is -2.30. The quantitative estimate of drug-likeness (QED) is 0.546. The number of allylic oxidation sites excluding steroid dienone is 1. The number of thioether (sulfide) groups is 1. The Balaban J connectivity index is 1.80. The zero-order valence-corrected chi connectivity index (χ0v) is 16.8. The number of aryl methyl sites for hydroxylation is 1. The van der Waals surface area contributed by atoms with Crippen LogP contribution in [0.15, 0.2) is 47.4 Å².